The van der Waals surface area contributed by atoms with Crippen LogP contribution in [-0.2, 0) is 6.54 Å². The van der Waals surface area contributed by atoms with Crippen LogP contribution in [0.3, 0.4) is 0 Å². The topological polar surface area (TPSA) is 29.9 Å². The van der Waals surface area contributed by atoms with Gasteiger partial charge in [-0.3, -0.25) is 4.68 Å². The molecule has 0 radical (unpaired) electrons. The molecule has 1 aliphatic carbocycles. The Morgan fingerprint density at radius 2 is 2.00 bits per heavy atom. The van der Waals surface area contributed by atoms with E-state index in [1.165, 1.54) is 32.1 Å². The molecule has 1 aliphatic rings. The van der Waals surface area contributed by atoms with Gasteiger partial charge in [-0.2, -0.15) is 5.10 Å². The van der Waals surface area contributed by atoms with E-state index in [4.69, 9.17) is 16.7 Å². The van der Waals surface area contributed by atoms with Crippen molar-refractivity contribution in [3.8, 4) is 0 Å². The van der Waals surface area contributed by atoms with E-state index in [1.807, 2.05) is 0 Å². The van der Waals surface area contributed by atoms with Gasteiger partial charge in [0.15, 0.2) is 0 Å². The predicted molar refractivity (Wildman–Crippen MR) is 85.2 cm³/mol. The highest BCUT2D eigenvalue weighted by Gasteiger charge is 2.30. The maximum absolute atomic E-state index is 6.22. The van der Waals surface area contributed by atoms with Gasteiger partial charge in [-0.15, -0.1) is 11.6 Å². The van der Waals surface area contributed by atoms with Crippen LogP contribution in [0.15, 0.2) is 12.3 Å². The first-order valence-electron chi connectivity index (χ1n) is 8.08. The Kier molecular flexibility index (Phi) is 5.91. The molecule has 4 heteroatoms. The summed E-state index contributed by atoms with van der Waals surface area (Å²) in [6, 6.07) is 2.66. The minimum Gasteiger partial charge on any atom is -0.304 e. The van der Waals surface area contributed by atoms with E-state index in [0.717, 1.165) is 25.1 Å². The van der Waals surface area contributed by atoms with E-state index < -0.39 is 0 Å². The van der Waals surface area contributed by atoms with E-state index in [9.17, 15) is 0 Å². The lowest BCUT2D eigenvalue weighted by Crippen LogP contribution is -2.48. The van der Waals surface area contributed by atoms with Crippen LogP contribution in [0.1, 0.15) is 70.5 Å². The molecule has 0 saturated heterocycles. The molecule has 0 spiro atoms. The molecule has 1 heterocycles. The number of alkyl halides is 1. The van der Waals surface area contributed by atoms with Crippen LogP contribution in [0, 0.1) is 0 Å². The largest absolute Gasteiger partial charge is 0.304 e. The molecule has 1 N–H and O–H groups in total. The van der Waals surface area contributed by atoms with Crippen molar-refractivity contribution < 1.29 is 0 Å². The second kappa shape index (κ2) is 7.46. The van der Waals surface area contributed by atoms with Gasteiger partial charge in [-0.1, -0.05) is 33.1 Å². The van der Waals surface area contributed by atoms with Crippen molar-refractivity contribution in [2.45, 2.75) is 76.9 Å². The number of nitrogens with zero attached hydrogens (tertiary/aromatic N) is 2. The van der Waals surface area contributed by atoms with E-state index in [-0.39, 0.29) is 5.54 Å². The number of hydrogen-bond acceptors (Lipinski definition) is 2. The molecular weight excluding hydrogens is 270 g/mol. The average molecular weight is 298 g/mol. The first kappa shape index (κ1) is 15.8. The summed E-state index contributed by atoms with van der Waals surface area (Å²) in [6.45, 7) is 5.27. The first-order chi connectivity index (χ1) is 9.73. The molecule has 1 aromatic heterocycles. The minimum atomic E-state index is 0.137. The molecule has 0 aromatic carbocycles. The van der Waals surface area contributed by atoms with Crippen LogP contribution in [0.2, 0.25) is 0 Å². The summed E-state index contributed by atoms with van der Waals surface area (Å²) in [5.41, 5.74) is 1.27. The zero-order valence-corrected chi connectivity index (χ0v) is 13.6. The summed E-state index contributed by atoms with van der Waals surface area (Å²) in [6.07, 6.45) is 10.7. The fourth-order valence-electron chi connectivity index (χ4n) is 3.20. The third kappa shape index (κ3) is 3.76. The minimum absolute atomic E-state index is 0.137. The molecule has 20 heavy (non-hydrogen) atoms. The van der Waals surface area contributed by atoms with Gasteiger partial charge in [-0.05, 0) is 31.7 Å². The second-order valence-electron chi connectivity index (χ2n) is 6.09. The number of nitrogens with one attached hydrogen (secondary N) is 1. The lowest BCUT2D eigenvalue weighted by molar-refractivity contribution is 0.255. The summed E-state index contributed by atoms with van der Waals surface area (Å²) < 4.78 is 2.12. The van der Waals surface area contributed by atoms with Gasteiger partial charge in [-0.25, -0.2) is 0 Å². The SMILES string of the molecule is CCC(CC)n1ccc(CNC2(CCl)CCCCC2)n1. The number of aromatic nitrogens is 2. The van der Waals surface area contributed by atoms with Crippen LogP contribution in [-0.4, -0.2) is 21.2 Å². The molecule has 1 aromatic rings. The molecule has 0 atom stereocenters. The Morgan fingerprint density at radius 3 is 2.60 bits per heavy atom. The normalized spacial score (nSPS) is 18.6. The van der Waals surface area contributed by atoms with Crippen molar-refractivity contribution in [3.05, 3.63) is 18.0 Å². The van der Waals surface area contributed by atoms with Crippen molar-refractivity contribution >= 4 is 11.6 Å². The predicted octanol–water partition coefficient (Wildman–Crippen LogP) is 4.28. The van der Waals surface area contributed by atoms with E-state index >= 15 is 0 Å². The molecule has 2 rings (SSSR count). The first-order valence-corrected chi connectivity index (χ1v) is 8.61. The van der Waals surface area contributed by atoms with Crippen LogP contribution >= 0.6 is 11.6 Å². The number of rotatable bonds is 7. The fourth-order valence-corrected chi connectivity index (χ4v) is 3.56. The lowest BCUT2D eigenvalue weighted by Gasteiger charge is -2.36. The van der Waals surface area contributed by atoms with E-state index in [2.05, 4.69) is 36.1 Å². The third-order valence-electron chi connectivity index (χ3n) is 4.69. The zero-order valence-electron chi connectivity index (χ0n) is 12.9. The van der Waals surface area contributed by atoms with Gasteiger partial charge in [0.05, 0.1) is 11.7 Å². The Hall–Kier alpha value is -0.540. The Bertz CT molecular complexity index is 392. The Morgan fingerprint density at radius 1 is 1.30 bits per heavy atom. The van der Waals surface area contributed by atoms with Crippen LogP contribution in [0.5, 0.6) is 0 Å². The Labute approximate surface area is 128 Å². The molecular formula is C16H28ClN3. The van der Waals surface area contributed by atoms with E-state index in [0.29, 0.717) is 11.9 Å². The smallest absolute Gasteiger partial charge is 0.0762 e. The third-order valence-corrected chi connectivity index (χ3v) is 5.20. The second-order valence-corrected chi connectivity index (χ2v) is 6.35. The summed E-state index contributed by atoms with van der Waals surface area (Å²) >= 11 is 6.22. The summed E-state index contributed by atoms with van der Waals surface area (Å²) in [5, 5.41) is 8.39. The van der Waals surface area contributed by atoms with Crippen LogP contribution in [0.25, 0.3) is 0 Å². The number of hydrogen-bond donors (Lipinski definition) is 1. The fraction of sp³-hybridized carbons (Fsp3) is 0.812. The van der Waals surface area contributed by atoms with Crippen LogP contribution < -0.4 is 5.32 Å². The zero-order chi connectivity index (χ0) is 14.4. The maximum atomic E-state index is 6.22. The highest BCUT2D eigenvalue weighted by Crippen LogP contribution is 2.29. The molecule has 3 nitrogen and oxygen atoms in total. The van der Waals surface area contributed by atoms with Gasteiger partial charge >= 0.3 is 0 Å². The Balaban J connectivity index is 1.93. The van der Waals surface area contributed by atoms with Crippen molar-refractivity contribution in [3.63, 3.8) is 0 Å². The molecule has 0 bridgehead atoms. The molecule has 1 fully saturated rings. The molecule has 0 aliphatic heterocycles. The number of halogens is 1. The van der Waals surface area contributed by atoms with Crippen molar-refractivity contribution in [2.24, 2.45) is 0 Å². The van der Waals surface area contributed by atoms with Crippen molar-refractivity contribution in [1.29, 1.82) is 0 Å². The summed E-state index contributed by atoms with van der Waals surface area (Å²) in [7, 11) is 0. The van der Waals surface area contributed by atoms with Gasteiger partial charge in [0.25, 0.3) is 0 Å². The van der Waals surface area contributed by atoms with Gasteiger partial charge in [0, 0.05) is 24.2 Å². The average Bonchev–Trinajstić information content (AvgIpc) is 2.96. The maximum Gasteiger partial charge on any atom is 0.0762 e. The van der Waals surface area contributed by atoms with Gasteiger partial charge < -0.3 is 5.32 Å². The lowest BCUT2D eigenvalue weighted by atomic mass is 9.83. The summed E-state index contributed by atoms with van der Waals surface area (Å²) in [5.74, 6) is 0.709. The van der Waals surface area contributed by atoms with Gasteiger partial charge in [0.2, 0.25) is 0 Å². The van der Waals surface area contributed by atoms with Crippen molar-refractivity contribution in [2.75, 3.05) is 5.88 Å². The molecule has 0 amide bonds. The molecule has 114 valence electrons. The quantitative estimate of drug-likeness (QED) is 0.762. The van der Waals surface area contributed by atoms with Crippen LogP contribution in [0.4, 0.5) is 0 Å². The summed E-state index contributed by atoms with van der Waals surface area (Å²) in [4.78, 5) is 0. The highest BCUT2D eigenvalue weighted by molar-refractivity contribution is 6.18. The highest BCUT2D eigenvalue weighted by atomic mass is 35.5. The standard InChI is InChI=1S/C16H28ClN3/c1-3-15(4-2)20-11-8-14(19-20)12-18-16(13-17)9-6-5-7-10-16/h8,11,15,18H,3-7,9-10,12-13H2,1-2H3. The monoisotopic (exact) mass is 297 g/mol. The van der Waals surface area contributed by atoms with Gasteiger partial charge in [0.1, 0.15) is 0 Å². The molecule has 0 unspecified atom stereocenters. The van der Waals surface area contributed by atoms with Crippen molar-refractivity contribution in [1.82, 2.24) is 15.1 Å². The molecule has 1 saturated carbocycles. The van der Waals surface area contributed by atoms with E-state index in [1.54, 1.807) is 0 Å².